The average Bonchev–Trinajstić information content (AvgIpc) is 3.23. The van der Waals surface area contributed by atoms with Crippen molar-refractivity contribution in [3.8, 4) is 0 Å². The Morgan fingerprint density at radius 2 is 2.00 bits per heavy atom. The number of nitrogens with one attached hydrogen (secondary N) is 1. The molecule has 0 atom stereocenters. The molecule has 8 heteroatoms. The summed E-state index contributed by atoms with van der Waals surface area (Å²) in [5.74, 6) is -0.404. The molecule has 0 aliphatic carbocycles. The second kappa shape index (κ2) is 8.03. The van der Waals surface area contributed by atoms with E-state index in [1.807, 2.05) is 37.3 Å². The van der Waals surface area contributed by atoms with Crippen LogP contribution in [0.5, 0.6) is 0 Å². The molecule has 2 amide bonds. The molecular weight excluding hydrogens is 368 g/mol. The van der Waals surface area contributed by atoms with E-state index in [0.29, 0.717) is 16.0 Å². The zero-order chi connectivity index (χ0) is 18.5. The van der Waals surface area contributed by atoms with Crippen LogP contribution in [0.1, 0.15) is 17.5 Å². The van der Waals surface area contributed by atoms with E-state index in [1.54, 1.807) is 22.6 Å². The molecule has 0 saturated carbocycles. The van der Waals surface area contributed by atoms with Crippen molar-refractivity contribution in [2.45, 2.75) is 13.8 Å². The van der Waals surface area contributed by atoms with Crippen molar-refractivity contribution in [2.24, 2.45) is 0 Å². The van der Waals surface area contributed by atoms with Crippen LogP contribution in [0.2, 0.25) is 0 Å². The number of aryl methyl sites for hydroxylation is 1. The van der Waals surface area contributed by atoms with Crippen LogP contribution in [0.15, 0.2) is 48.0 Å². The van der Waals surface area contributed by atoms with Gasteiger partial charge in [-0.25, -0.2) is 9.97 Å². The lowest BCUT2D eigenvalue weighted by atomic mass is 10.3. The molecule has 6 nitrogen and oxygen atoms in total. The fourth-order valence-electron chi connectivity index (χ4n) is 2.18. The Morgan fingerprint density at radius 3 is 2.65 bits per heavy atom. The summed E-state index contributed by atoms with van der Waals surface area (Å²) in [4.78, 5) is 35.1. The summed E-state index contributed by atoms with van der Waals surface area (Å²) < 4.78 is 0. The first-order valence-electron chi connectivity index (χ1n) is 7.75. The lowest BCUT2D eigenvalue weighted by molar-refractivity contribution is -0.116. The van der Waals surface area contributed by atoms with Crippen molar-refractivity contribution in [1.82, 2.24) is 9.97 Å². The van der Waals surface area contributed by atoms with Gasteiger partial charge in [0.25, 0.3) is 0 Å². The number of aromatic nitrogens is 2. The summed E-state index contributed by atoms with van der Waals surface area (Å²) >= 11 is 2.75. The van der Waals surface area contributed by atoms with Gasteiger partial charge in [0.2, 0.25) is 11.8 Å². The second-order valence-electron chi connectivity index (χ2n) is 5.34. The van der Waals surface area contributed by atoms with E-state index in [-0.39, 0.29) is 11.8 Å². The smallest absolute Gasteiger partial charge is 0.250 e. The molecular formula is C18H16N4O2S2. The standard InChI is InChI=1S/C18H16N4O2S2/c1-12-10-19-17(26-12)21-16(24)9-8-14-11-25-18(20-14)22(13(2)23)15-6-4-3-5-7-15/h3-11H,1-2H3,(H,19,21,24)/b9-8+. The maximum Gasteiger partial charge on any atom is 0.250 e. The van der Waals surface area contributed by atoms with Crippen LogP contribution in [0, 0.1) is 6.92 Å². The molecule has 0 fully saturated rings. The monoisotopic (exact) mass is 384 g/mol. The number of para-hydroxylation sites is 1. The van der Waals surface area contributed by atoms with E-state index in [9.17, 15) is 9.59 Å². The first-order chi connectivity index (χ1) is 12.5. The van der Waals surface area contributed by atoms with Gasteiger partial charge in [-0.05, 0) is 25.1 Å². The Hall–Kier alpha value is -2.84. The summed E-state index contributed by atoms with van der Waals surface area (Å²) in [6.45, 7) is 3.42. The summed E-state index contributed by atoms with van der Waals surface area (Å²) in [5.41, 5.74) is 1.36. The van der Waals surface area contributed by atoms with Crippen LogP contribution in [0.3, 0.4) is 0 Å². The Kier molecular flexibility index (Phi) is 5.55. The van der Waals surface area contributed by atoms with E-state index >= 15 is 0 Å². The quantitative estimate of drug-likeness (QED) is 0.668. The minimum Gasteiger partial charge on any atom is -0.298 e. The maximum atomic E-state index is 12.0. The summed E-state index contributed by atoms with van der Waals surface area (Å²) in [7, 11) is 0. The molecule has 26 heavy (non-hydrogen) atoms. The van der Waals surface area contributed by atoms with Crippen molar-refractivity contribution in [3.63, 3.8) is 0 Å². The molecule has 0 bridgehead atoms. The van der Waals surface area contributed by atoms with Gasteiger partial charge in [-0.15, -0.1) is 22.7 Å². The van der Waals surface area contributed by atoms with E-state index < -0.39 is 0 Å². The molecule has 1 aromatic carbocycles. The molecule has 0 spiro atoms. The third-order valence-electron chi connectivity index (χ3n) is 3.29. The lowest BCUT2D eigenvalue weighted by Gasteiger charge is -2.17. The second-order valence-corrected chi connectivity index (χ2v) is 7.41. The number of anilines is 3. The number of amides is 2. The third kappa shape index (κ3) is 4.41. The van der Waals surface area contributed by atoms with Crippen LogP contribution in [-0.2, 0) is 9.59 Å². The Morgan fingerprint density at radius 1 is 1.23 bits per heavy atom. The zero-order valence-corrected chi connectivity index (χ0v) is 15.8. The van der Waals surface area contributed by atoms with Gasteiger partial charge in [-0.1, -0.05) is 18.2 Å². The largest absolute Gasteiger partial charge is 0.298 e. The summed E-state index contributed by atoms with van der Waals surface area (Å²) in [6, 6.07) is 9.32. The number of hydrogen-bond donors (Lipinski definition) is 1. The highest BCUT2D eigenvalue weighted by Gasteiger charge is 2.17. The fourth-order valence-corrected chi connectivity index (χ4v) is 3.70. The fraction of sp³-hybridized carbons (Fsp3) is 0.111. The minimum absolute atomic E-state index is 0.127. The first-order valence-corrected chi connectivity index (χ1v) is 9.45. The zero-order valence-electron chi connectivity index (χ0n) is 14.2. The molecule has 0 saturated heterocycles. The van der Waals surface area contributed by atoms with Gasteiger partial charge < -0.3 is 0 Å². The van der Waals surface area contributed by atoms with Gasteiger partial charge in [-0.2, -0.15) is 0 Å². The van der Waals surface area contributed by atoms with Gasteiger partial charge in [0.05, 0.1) is 11.4 Å². The topological polar surface area (TPSA) is 75.2 Å². The maximum absolute atomic E-state index is 12.0. The Bertz CT molecular complexity index is 947. The summed E-state index contributed by atoms with van der Waals surface area (Å²) in [5, 5.41) is 5.61. The van der Waals surface area contributed by atoms with Crippen LogP contribution < -0.4 is 10.2 Å². The number of hydrogen-bond acceptors (Lipinski definition) is 6. The van der Waals surface area contributed by atoms with Crippen LogP contribution in [0.25, 0.3) is 6.08 Å². The number of carbonyl (C=O) groups is 2. The molecule has 2 heterocycles. The van der Waals surface area contributed by atoms with E-state index in [2.05, 4.69) is 15.3 Å². The van der Waals surface area contributed by atoms with E-state index in [1.165, 1.54) is 35.7 Å². The van der Waals surface area contributed by atoms with Gasteiger partial charge >= 0.3 is 0 Å². The van der Waals surface area contributed by atoms with Crippen molar-refractivity contribution < 1.29 is 9.59 Å². The molecule has 0 unspecified atom stereocenters. The van der Waals surface area contributed by atoms with Crippen molar-refractivity contribution in [3.05, 3.63) is 58.6 Å². The molecule has 132 valence electrons. The van der Waals surface area contributed by atoms with Crippen LogP contribution in [-0.4, -0.2) is 21.8 Å². The Balaban J connectivity index is 1.72. The molecule has 3 aromatic rings. The van der Waals surface area contributed by atoms with E-state index in [0.717, 1.165) is 10.6 Å². The van der Waals surface area contributed by atoms with Crippen molar-refractivity contribution in [1.29, 1.82) is 0 Å². The van der Waals surface area contributed by atoms with E-state index in [4.69, 9.17) is 0 Å². The van der Waals surface area contributed by atoms with Gasteiger partial charge in [0.15, 0.2) is 10.3 Å². The van der Waals surface area contributed by atoms with Crippen LogP contribution in [0.4, 0.5) is 16.0 Å². The predicted molar refractivity (Wildman–Crippen MR) is 106 cm³/mol. The number of thiazole rings is 2. The highest BCUT2D eigenvalue weighted by molar-refractivity contribution is 7.15. The van der Waals surface area contributed by atoms with Crippen molar-refractivity contribution >= 4 is 56.5 Å². The lowest BCUT2D eigenvalue weighted by Crippen LogP contribution is -2.22. The van der Waals surface area contributed by atoms with Crippen LogP contribution >= 0.6 is 22.7 Å². The molecule has 2 aromatic heterocycles. The molecule has 3 rings (SSSR count). The Labute approximate surface area is 158 Å². The third-order valence-corrected chi connectivity index (χ3v) is 4.96. The average molecular weight is 384 g/mol. The highest BCUT2D eigenvalue weighted by atomic mass is 32.1. The number of carbonyl (C=O) groups excluding carboxylic acids is 2. The van der Waals surface area contributed by atoms with Gasteiger partial charge in [0, 0.05) is 29.5 Å². The molecule has 0 aliphatic rings. The molecule has 0 aliphatic heterocycles. The first kappa shape index (κ1) is 18.0. The summed E-state index contributed by atoms with van der Waals surface area (Å²) in [6.07, 6.45) is 4.71. The normalized spacial score (nSPS) is 10.8. The number of nitrogens with zero attached hydrogens (tertiary/aromatic N) is 3. The SMILES string of the molecule is CC(=O)N(c1ccccc1)c1nc(/C=C/C(=O)Nc2ncc(C)s2)cs1. The van der Waals surface area contributed by atoms with Crippen molar-refractivity contribution in [2.75, 3.05) is 10.2 Å². The highest BCUT2D eigenvalue weighted by Crippen LogP contribution is 2.29. The predicted octanol–water partition coefficient (Wildman–Crippen LogP) is 4.24. The van der Waals surface area contributed by atoms with Gasteiger partial charge in [0.1, 0.15) is 0 Å². The number of benzene rings is 1. The van der Waals surface area contributed by atoms with Gasteiger partial charge in [-0.3, -0.25) is 19.8 Å². The number of rotatable bonds is 5. The molecule has 1 N–H and O–H groups in total. The minimum atomic E-state index is -0.277. The molecule has 0 radical (unpaired) electrons.